The molecule has 0 aliphatic carbocycles. The fourth-order valence-corrected chi connectivity index (χ4v) is 3.09. The van der Waals surface area contributed by atoms with E-state index in [9.17, 15) is 8.42 Å². The zero-order chi connectivity index (χ0) is 13.4. The highest BCUT2D eigenvalue weighted by Crippen LogP contribution is 2.18. The van der Waals surface area contributed by atoms with Gasteiger partial charge in [-0.3, -0.25) is 0 Å². The molecule has 5 heteroatoms. The molecule has 1 rings (SSSR count). The summed E-state index contributed by atoms with van der Waals surface area (Å²) in [4.78, 5) is 3.82. The van der Waals surface area contributed by atoms with E-state index < -0.39 is 15.1 Å². The predicted molar refractivity (Wildman–Crippen MR) is 69.6 cm³/mol. The van der Waals surface area contributed by atoms with E-state index in [-0.39, 0.29) is 5.03 Å². The summed E-state index contributed by atoms with van der Waals surface area (Å²) in [6.07, 6.45) is 5.70. The number of hydrogen-bond acceptors (Lipinski definition) is 4. The van der Waals surface area contributed by atoms with Gasteiger partial charge in [0.2, 0.25) is 9.84 Å². The summed E-state index contributed by atoms with van der Waals surface area (Å²) < 4.78 is 24.3. The summed E-state index contributed by atoms with van der Waals surface area (Å²) >= 11 is 0. The first-order valence-corrected chi connectivity index (χ1v) is 7.72. The first kappa shape index (κ1) is 14.7. The van der Waals surface area contributed by atoms with Crippen LogP contribution in [0.5, 0.6) is 0 Å². The van der Waals surface area contributed by atoms with Gasteiger partial charge in [-0.05, 0) is 18.6 Å². The van der Waals surface area contributed by atoms with Gasteiger partial charge >= 0.3 is 0 Å². The quantitative estimate of drug-likeness (QED) is 0.711. The number of aromatic nitrogens is 1. The van der Waals surface area contributed by atoms with Crippen LogP contribution in [0.2, 0.25) is 0 Å². The lowest BCUT2D eigenvalue weighted by atomic mass is 10.1. The van der Waals surface area contributed by atoms with E-state index in [1.54, 1.807) is 12.1 Å². The Morgan fingerprint density at radius 3 is 2.67 bits per heavy atom. The van der Waals surface area contributed by atoms with E-state index in [0.717, 1.165) is 25.7 Å². The van der Waals surface area contributed by atoms with Crippen LogP contribution in [0, 0.1) is 11.3 Å². The van der Waals surface area contributed by atoms with Gasteiger partial charge in [0.15, 0.2) is 10.3 Å². The van der Waals surface area contributed by atoms with Gasteiger partial charge < -0.3 is 0 Å². The average molecular weight is 266 g/mol. The maximum Gasteiger partial charge on any atom is 0.211 e. The molecule has 0 spiro atoms. The third kappa shape index (κ3) is 3.81. The van der Waals surface area contributed by atoms with Gasteiger partial charge in [0, 0.05) is 6.20 Å². The van der Waals surface area contributed by atoms with Gasteiger partial charge in [-0.1, -0.05) is 38.7 Å². The van der Waals surface area contributed by atoms with Crippen molar-refractivity contribution in [2.45, 2.75) is 49.3 Å². The summed E-state index contributed by atoms with van der Waals surface area (Å²) in [5.41, 5.74) is 0. The molecular weight excluding hydrogens is 248 g/mol. The van der Waals surface area contributed by atoms with Gasteiger partial charge in [-0.2, -0.15) is 5.26 Å². The van der Waals surface area contributed by atoms with E-state index in [1.165, 1.54) is 12.3 Å². The Hall–Kier alpha value is -1.41. The van der Waals surface area contributed by atoms with Gasteiger partial charge in [-0.25, -0.2) is 13.4 Å². The van der Waals surface area contributed by atoms with Crippen LogP contribution in [0.15, 0.2) is 29.4 Å². The Morgan fingerprint density at radius 2 is 2.11 bits per heavy atom. The van der Waals surface area contributed by atoms with Crippen molar-refractivity contribution in [2.75, 3.05) is 0 Å². The normalized spacial score (nSPS) is 12.9. The molecule has 1 unspecified atom stereocenters. The standard InChI is InChI=1S/C13H18N2O2S/c1-2-3-4-5-8-12(11-14)18(16,17)13-9-6-7-10-15-13/h6-7,9-10,12H,2-5,8H2,1H3. The van der Waals surface area contributed by atoms with Gasteiger partial charge in [0.05, 0.1) is 6.07 Å². The minimum Gasteiger partial charge on any atom is -0.245 e. The summed E-state index contributed by atoms with van der Waals surface area (Å²) in [5.74, 6) is 0. The zero-order valence-corrected chi connectivity index (χ0v) is 11.4. The van der Waals surface area contributed by atoms with Crippen LogP contribution in [-0.4, -0.2) is 18.7 Å². The van der Waals surface area contributed by atoms with Crippen molar-refractivity contribution in [2.24, 2.45) is 0 Å². The van der Waals surface area contributed by atoms with E-state index in [1.807, 2.05) is 6.07 Å². The van der Waals surface area contributed by atoms with Gasteiger partial charge in [0.25, 0.3) is 0 Å². The third-order valence-electron chi connectivity index (χ3n) is 2.77. The minimum absolute atomic E-state index is 0.00737. The van der Waals surface area contributed by atoms with Crippen LogP contribution in [0.1, 0.15) is 39.0 Å². The summed E-state index contributed by atoms with van der Waals surface area (Å²) in [6, 6.07) is 6.60. The van der Waals surface area contributed by atoms with E-state index in [0.29, 0.717) is 6.42 Å². The molecule has 1 atom stereocenters. The number of rotatable bonds is 7. The summed E-state index contributed by atoms with van der Waals surface area (Å²) in [7, 11) is -3.61. The highest BCUT2D eigenvalue weighted by molar-refractivity contribution is 7.92. The molecule has 0 aliphatic heterocycles. The number of nitriles is 1. The number of pyridine rings is 1. The molecule has 0 radical (unpaired) electrons. The molecule has 0 fully saturated rings. The van der Waals surface area contributed by atoms with Gasteiger partial charge in [-0.15, -0.1) is 0 Å². The van der Waals surface area contributed by atoms with Crippen LogP contribution in [-0.2, 0) is 9.84 Å². The Bertz CT molecular complexity index is 491. The molecule has 0 aromatic carbocycles. The first-order chi connectivity index (χ1) is 8.62. The molecule has 0 amide bonds. The van der Waals surface area contributed by atoms with Crippen molar-refractivity contribution < 1.29 is 8.42 Å². The van der Waals surface area contributed by atoms with Crippen LogP contribution in [0.4, 0.5) is 0 Å². The molecule has 4 nitrogen and oxygen atoms in total. The van der Waals surface area contributed by atoms with Crippen LogP contribution >= 0.6 is 0 Å². The minimum atomic E-state index is -3.61. The Morgan fingerprint density at radius 1 is 1.33 bits per heavy atom. The zero-order valence-electron chi connectivity index (χ0n) is 10.5. The number of sulfone groups is 1. The predicted octanol–water partition coefficient (Wildman–Crippen LogP) is 2.72. The van der Waals surface area contributed by atoms with E-state index in [2.05, 4.69) is 11.9 Å². The van der Waals surface area contributed by atoms with Crippen molar-refractivity contribution >= 4 is 9.84 Å². The average Bonchev–Trinajstić information content (AvgIpc) is 2.39. The second kappa shape index (κ2) is 7.12. The van der Waals surface area contributed by atoms with Crippen molar-refractivity contribution in [3.05, 3.63) is 24.4 Å². The summed E-state index contributed by atoms with van der Waals surface area (Å²) in [6.45, 7) is 2.09. The molecule has 0 aliphatic rings. The molecular formula is C13H18N2O2S. The highest BCUT2D eigenvalue weighted by Gasteiger charge is 2.27. The van der Waals surface area contributed by atoms with Crippen molar-refractivity contribution in [3.63, 3.8) is 0 Å². The fourth-order valence-electron chi connectivity index (χ4n) is 1.71. The number of nitrogens with zero attached hydrogens (tertiary/aromatic N) is 2. The van der Waals surface area contributed by atoms with E-state index >= 15 is 0 Å². The largest absolute Gasteiger partial charge is 0.245 e. The third-order valence-corrected chi connectivity index (χ3v) is 4.68. The molecule has 0 N–H and O–H groups in total. The first-order valence-electron chi connectivity index (χ1n) is 6.17. The Balaban J connectivity index is 2.73. The van der Waals surface area contributed by atoms with Gasteiger partial charge in [0.1, 0.15) is 0 Å². The SMILES string of the molecule is CCCCCCC(C#N)S(=O)(=O)c1ccccn1. The lowest BCUT2D eigenvalue weighted by Crippen LogP contribution is -2.20. The van der Waals surface area contributed by atoms with E-state index in [4.69, 9.17) is 5.26 Å². The number of unbranched alkanes of at least 4 members (excludes halogenated alkanes) is 3. The molecule has 1 aromatic heterocycles. The number of hydrogen-bond donors (Lipinski definition) is 0. The molecule has 1 heterocycles. The Kier molecular flexibility index (Phi) is 5.79. The fraction of sp³-hybridized carbons (Fsp3) is 0.538. The highest BCUT2D eigenvalue weighted by atomic mass is 32.2. The van der Waals surface area contributed by atoms with Crippen molar-refractivity contribution in [1.29, 1.82) is 5.26 Å². The molecule has 98 valence electrons. The smallest absolute Gasteiger partial charge is 0.211 e. The van der Waals surface area contributed by atoms with Crippen LogP contribution in [0.25, 0.3) is 0 Å². The molecule has 0 bridgehead atoms. The second-order valence-electron chi connectivity index (χ2n) is 4.18. The maximum atomic E-state index is 12.1. The molecule has 1 aromatic rings. The molecule has 0 saturated carbocycles. The lowest BCUT2D eigenvalue weighted by molar-refractivity contribution is 0.571. The van der Waals surface area contributed by atoms with Crippen LogP contribution in [0.3, 0.4) is 0 Å². The lowest BCUT2D eigenvalue weighted by Gasteiger charge is -2.09. The van der Waals surface area contributed by atoms with Crippen LogP contribution < -0.4 is 0 Å². The molecule has 18 heavy (non-hydrogen) atoms. The monoisotopic (exact) mass is 266 g/mol. The van der Waals surface area contributed by atoms with Crippen molar-refractivity contribution in [3.8, 4) is 6.07 Å². The maximum absolute atomic E-state index is 12.1. The topological polar surface area (TPSA) is 70.8 Å². The van der Waals surface area contributed by atoms with Crippen molar-refractivity contribution in [1.82, 2.24) is 4.98 Å². The summed E-state index contributed by atoms with van der Waals surface area (Å²) in [5, 5.41) is 8.03. The second-order valence-corrected chi connectivity index (χ2v) is 6.26. The Labute approximate surface area is 109 Å². The molecule has 0 saturated heterocycles.